The maximum absolute atomic E-state index is 13.6. The Bertz CT molecular complexity index is 1050. The minimum absolute atomic E-state index is 0.0768. The Labute approximate surface area is 228 Å². The van der Waals surface area contributed by atoms with Crippen LogP contribution in [0.15, 0.2) is 29.7 Å². The van der Waals surface area contributed by atoms with Crippen molar-refractivity contribution in [3.05, 3.63) is 34.5 Å². The normalized spacial score (nSPS) is 29.1. The van der Waals surface area contributed by atoms with Gasteiger partial charge in [-0.05, 0) is 70.7 Å². The van der Waals surface area contributed by atoms with Crippen LogP contribution in [0.1, 0.15) is 77.0 Å². The zero-order chi connectivity index (χ0) is 27.3. The molecule has 3 N–H and O–H groups in total. The fourth-order valence-corrected chi connectivity index (χ4v) is 5.93. The summed E-state index contributed by atoms with van der Waals surface area (Å²) < 4.78 is 5.40. The molecule has 9 nitrogen and oxygen atoms in total. The van der Waals surface area contributed by atoms with Gasteiger partial charge in [0.2, 0.25) is 17.7 Å². The van der Waals surface area contributed by atoms with Crippen molar-refractivity contribution in [3.63, 3.8) is 0 Å². The number of rotatable bonds is 4. The number of allylic oxidation sites excluding steroid dienone is 1. The fraction of sp³-hybridized carbons (Fsp3) is 0.643. The molecule has 208 valence electrons. The molecule has 2 fully saturated rings. The van der Waals surface area contributed by atoms with Gasteiger partial charge in [0.15, 0.2) is 0 Å². The summed E-state index contributed by atoms with van der Waals surface area (Å²) in [4.78, 5) is 55.7. The molecule has 0 radical (unpaired) electrons. The van der Waals surface area contributed by atoms with Crippen LogP contribution >= 0.6 is 11.3 Å². The molecule has 10 heteroatoms. The Morgan fingerprint density at radius 1 is 1.18 bits per heavy atom. The number of carbonyl (C=O) groups is 4. The molecular formula is C28H40N4O5S. The molecule has 1 aromatic heterocycles. The standard InChI is InChI=1S/C28H40N4O5S/c1-27(2,3)37-26(36)30-21-13-8-6-4-5-7-11-19-17-28(19,25(35)29-18-20-12-10-16-38-20)31-23(33)22-14-9-15-32(22)24(21)34/h7,10-12,16,19,21-22H,4-6,8-9,13-15,17-18H2,1-3H3,(H,29,35)(H,30,36)(H,31,33)/b11-7-/t19-,21-,22-,28+/m0/s1. The number of carbonyl (C=O) groups excluding carboxylic acids is 4. The van der Waals surface area contributed by atoms with Crippen LogP contribution in [-0.2, 0) is 25.7 Å². The number of amides is 4. The van der Waals surface area contributed by atoms with E-state index in [2.05, 4.69) is 28.1 Å². The topological polar surface area (TPSA) is 117 Å². The van der Waals surface area contributed by atoms with Crippen molar-refractivity contribution in [2.24, 2.45) is 5.92 Å². The number of fused-ring (bicyclic) bond motifs is 2. The highest BCUT2D eigenvalue weighted by Crippen LogP contribution is 2.45. The van der Waals surface area contributed by atoms with Crippen LogP contribution in [0.25, 0.3) is 0 Å². The number of nitrogens with one attached hydrogen (secondary N) is 3. The molecule has 1 aliphatic carbocycles. The van der Waals surface area contributed by atoms with Crippen molar-refractivity contribution in [2.75, 3.05) is 6.54 Å². The summed E-state index contributed by atoms with van der Waals surface area (Å²) in [5, 5.41) is 10.8. The Hall–Kier alpha value is -2.88. The van der Waals surface area contributed by atoms with E-state index in [4.69, 9.17) is 4.74 Å². The summed E-state index contributed by atoms with van der Waals surface area (Å²) in [6.45, 7) is 6.17. The molecule has 1 saturated carbocycles. The lowest BCUT2D eigenvalue weighted by molar-refractivity contribution is -0.141. The zero-order valence-electron chi connectivity index (χ0n) is 22.6. The zero-order valence-corrected chi connectivity index (χ0v) is 23.4. The first-order valence-electron chi connectivity index (χ1n) is 13.7. The highest BCUT2D eigenvalue weighted by Gasteiger charge is 2.60. The molecule has 0 spiro atoms. The molecule has 1 aromatic rings. The van der Waals surface area contributed by atoms with Crippen LogP contribution in [0.5, 0.6) is 0 Å². The van der Waals surface area contributed by atoms with Crippen LogP contribution < -0.4 is 16.0 Å². The lowest BCUT2D eigenvalue weighted by Gasteiger charge is -2.30. The Morgan fingerprint density at radius 2 is 2.00 bits per heavy atom. The molecule has 38 heavy (non-hydrogen) atoms. The van der Waals surface area contributed by atoms with Crippen LogP contribution in [0.2, 0.25) is 0 Å². The van der Waals surface area contributed by atoms with Gasteiger partial charge in [-0.1, -0.05) is 31.1 Å². The average Bonchev–Trinajstić information content (AvgIpc) is 3.22. The predicted molar refractivity (Wildman–Crippen MR) is 145 cm³/mol. The van der Waals surface area contributed by atoms with Gasteiger partial charge in [-0.25, -0.2) is 4.79 Å². The highest BCUT2D eigenvalue weighted by atomic mass is 32.1. The molecule has 4 rings (SSSR count). The molecule has 0 aromatic carbocycles. The number of alkyl carbamates (subject to hydrolysis) is 1. The van der Waals surface area contributed by atoms with Gasteiger partial charge in [0.25, 0.3) is 0 Å². The Morgan fingerprint density at radius 3 is 2.74 bits per heavy atom. The number of thiophene rings is 1. The Balaban J connectivity index is 1.51. The molecule has 4 amide bonds. The molecule has 4 atom stereocenters. The van der Waals surface area contributed by atoms with E-state index in [0.29, 0.717) is 38.8 Å². The van der Waals surface area contributed by atoms with E-state index in [1.807, 2.05) is 17.5 Å². The minimum Gasteiger partial charge on any atom is -0.444 e. The third-order valence-electron chi connectivity index (χ3n) is 7.33. The van der Waals surface area contributed by atoms with Gasteiger partial charge < -0.3 is 25.6 Å². The first kappa shape index (κ1) is 28.1. The molecule has 1 saturated heterocycles. The summed E-state index contributed by atoms with van der Waals surface area (Å²) in [5.41, 5.74) is -1.69. The van der Waals surface area contributed by atoms with E-state index in [-0.39, 0.29) is 23.6 Å². The lowest BCUT2D eigenvalue weighted by Crippen LogP contribution is -2.57. The van der Waals surface area contributed by atoms with Gasteiger partial charge in [-0.15, -0.1) is 11.3 Å². The smallest absolute Gasteiger partial charge is 0.408 e. The van der Waals surface area contributed by atoms with Crippen molar-refractivity contribution >= 4 is 35.2 Å². The summed E-state index contributed by atoms with van der Waals surface area (Å²) >= 11 is 1.57. The van der Waals surface area contributed by atoms with E-state index < -0.39 is 29.3 Å². The Kier molecular flexibility index (Phi) is 8.80. The van der Waals surface area contributed by atoms with Crippen molar-refractivity contribution < 1.29 is 23.9 Å². The molecule has 0 unspecified atom stereocenters. The van der Waals surface area contributed by atoms with E-state index in [0.717, 1.165) is 30.6 Å². The van der Waals surface area contributed by atoms with E-state index in [9.17, 15) is 19.2 Å². The van der Waals surface area contributed by atoms with Gasteiger partial charge in [0.05, 0.1) is 6.54 Å². The molecular weight excluding hydrogens is 504 g/mol. The summed E-state index contributed by atoms with van der Waals surface area (Å²) in [7, 11) is 0. The predicted octanol–water partition coefficient (Wildman–Crippen LogP) is 3.64. The first-order valence-corrected chi connectivity index (χ1v) is 14.6. The molecule has 0 bridgehead atoms. The summed E-state index contributed by atoms with van der Waals surface area (Å²) in [6, 6.07) is 2.46. The van der Waals surface area contributed by atoms with Crippen molar-refractivity contribution in [2.45, 2.75) is 102 Å². The molecule has 3 aliphatic rings. The van der Waals surface area contributed by atoms with E-state index in [1.165, 1.54) is 0 Å². The van der Waals surface area contributed by atoms with Gasteiger partial charge in [0.1, 0.15) is 23.2 Å². The van der Waals surface area contributed by atoms with E-state index in [1.54, 1.807) is 37.0 Å². The average molecular weight is 545 g/mol. The largest absolute Gasteiger partial charge is 0.444 e. The quantitative estimate of drug-likeness (QED) is 0.501. The monoisotopic (exact) mass is 544 g/mol. The maximum Gasteiger partial charge on any atom is 0.408 e. The maximum atomic E-state index is 13.6. The second-order valence-corrected chi connectivity index (χ2v) is 12.5. The lowest BCUT2D eigenvalue weighted by atomic mass is 10.0. The highest BCUT2D eigenvalue weighted by molar-refractivity contribution is 7.09. The third kappa shape index (κ3) is 6.95. The molecule has 2 aliphatic heterocycles. The minimum atomic E-state index is -1.00. The van der Waals surface area contributed by atoms with Gasteiger partial charge >= 0.3 is 6.09 Å². The second kappa shape index (κ2) is 11.9. The van der Waals surface area contributed by atoms with Gasteiger partial charge in [0, 0.05) is 17.3 Å². The van der Waals surface area contributed by atoms with Gasteiger partial charge in [-0.3, -0.25) is 14.4 Å². The number of hydrogen-bond donors (Lipinski definition) is 3. The second-order valence-electron chi connectivity index (χ2n) is 11.5. The van der Waals surface area contributed by atoms with Crippen LogP contribution in [0.3, 0.4) is 0 Å². The fourth-order valence-electron chi connectivity index (χ4n) is 5.28. The van der Waals surface area contributed by atoms with Crippen LogP contribution in [0, 0.1) is 5.92 Å². The number of ether oxygens (including phenoxy) is 1. The van der Waals surface area contributed by atoms with Crippen molar-refractivity contribution in [1.82, 2.24) is 20.9 Å². The number of nitrogens with zero attached hydrogens (tertiary/aromatic N) is 1. The first-order chi connectivity index (χ1) is 18.1. The van der Waals surface area contributed by atoms with Gasteiger partial charge in [-0.2, -0.15) is 0 Å². The van der Waals surface area contributed by atoms with Crippen molar-refractivity contribution in [3.8, 4) is 0 Å². The van der Waals surface area contributed by atoms with E-state index >= 15 is 0 Å². The third-order valence-corrected chi connectivity index (χ3v) is 8.21. The summed E-state index contributed by atoms with van der Waals surface area (Å²) in [5.74, 6) is -0.862. The summed E-state index contributed by atoms with van der Waals surface area (Å²) in [6.07, 6.45) is 9.18. The van der Waals surface area contributed by atoms with Crippen LogP contribution in [-0.4, -0.2) is 58.5 Å². The van der Waals surface area contributed by atoms with Crippen LogP contribution in [0.4, 0.5) is 4.79 Å². The SMILES string of the molecule is CC(C)(C)OC(=O)N[C@H]1CCCCC/C=C\[C@H]2C[C@@]2(C(=O)NCc2cccs2)NC(=O)[C@@H]2CCCN2C1=O. The molecule has 3 heterocycles. The van der Waals surface area contributed by atoms with Crippen molar-refractivity contribution in [1.29, 1.82) is 0 Å². The number of hydrogen-bond acceptors (Lipinski definition) is 6.